The van der Waals surface area contributed by atoms with Crippen molar-refractivity contribution < 1.29 is 4.79 Å². The Morgan fingerprint density at radius 3 is 2.44 bits per heavy atom. The van der Waals surface area contributed by atoms with E-state index in [9.17, 15) is 4.79 Å². The van der Waals surface area contributed by atoms with Gasteiger partial charge in [0.1, 0.15) is 0 Å². The second kappa shape index (κ2) is 6.03. The van der Waals surface area contributed by atoms with Gasteiger partial charge in [-0.25, -0.2) is 0 Å². The van der Waals surface area contributed by atoms with Crippen LogP contribution in [0.1, 0.15) is 27.7 Å². The van der Waals surface area contributed by atoms with Crippen molar-refractivity contribution in [1.82, 2.24) is 9.80 Å². The quantitative estimate of drug-likeness (QED) is 0.717. The molecule has 4 nitrogen and oxygen atoms in total. The zero-order valence-electron chi connectivity index (χ0n) is 12.2. The van der Waals surface area contributed by atoms with Gasteiger partial charge in [-0.1, -0.05) is 13.8 Å². The van der Waals surface area contributed by atoms with E-state index in [1.54, 1.807) is 0 Å². The Morgan fingerprint density at radius 2 is 1.94 bits per heavy atom. The number of amides is 1. The summed E-state index contributed by atoms with van der Waals surface area (Å²) in [6.45, 7) is 14.0. The van der Waals surface area contributed by atoms with Gasteiger partial charge in [0, 0.05) is 31.8 Å². The minimum absolute atomic E-state index is 0.0601. The molecule has 0 bridgehead atoms. The van der Waals surface area contributed by atoms with E-state index in [4.69, 9.17) is 0 Å². The number of likely N-dealkylation sites (N-methyl/N-ethyl adjacent to an activating group) is 1. The molecule has 0 aromatic rings. The van der Waals surface area contributed by atoms with E-state index in [0.717, 1.165) is 13.1 Å². The number of carbonyl (C=O) groups is 1. The van der Waals surface area contributed by atoms with Gasteiger partial charge in [0.2, 0.25) is 5.91 Å². The molecule has 4 heteroatoms. The first-order valence-electron chi connectivity index (χ1n) is 6.53. The Bertz CT molecular complexity index is 360. The summed E-state index contributed by atoms with van der Waals surface area (Å²) in [6, 6.07) is 0.108. The monoisotopic (exact) mass is 251 g/mol. The number of carbonyl (C=O) groups excluding carboxylic acids is 1. The average molecular weight is 251 g/mol. The van der Waals surface area contributed by atoms with Crippen molar-refractivity contribution in [2.75, 3.05) is 26.7 Å². The fraction of sp³-hybridized carbons (Fsp3) is 0.714. The van der Waals surface area contributed by atoms with E-state index in [0.29, 0.717) is 6.54 Å². The van der Waals surface area contributed by atoms with Crippen molar-refractivity contribution >= 4 is 12.6 Å². The maximum Gasteiger partial charge on any atom is 0.225 e. The zero-order chi connectivity index (χ0) is 13.9. The number of nitrogens with zero attached hydrogens (tertiary/aromatic N) is 3. The second-order valence-corrected chi connectivity index (χ2v) is 5.32. The first kappa shape index (κ1) is 14.7. The molecule has 0 N–H and O–H groups in total. The fourth-order valence-electron chi connectivity index (χ4n) is 2.14. The van der Waals surface area contributed by atoms with Crippen molar-refractivity contribution in [3.05, 3.63) is 11.3 Å². The largest absolute Gasteiger partial charge is 0.375 e. The summed E-state index contributed by atoms with van der Waals surface area (Å²) in [6.07, 6.45) is 0. The standard InChI is InChI=1S/C14H25N3O/c1-10(2)14(18)17-8-7-16(6)13(9-17)11(3)12(4)15-5/h10,12H,5,7-9H2,1-4,6H3/b13-11-. The molecule has 1 atom stereocenters. The zero-order valence-corrected chi connectivity index (χ0v) is 12.2. The molecule has 0 radical (unpaired) electrons. The minimum Gasteiger partial charge on any atom is -0.375 e. The lowest BCUT2D eigenvalue weighted by atomic mass is 10.0. The molecule has 0 aliphatic carbocycles. The lowest BCUT2D eigenvalue weighted by Crippen LogP contribution is -2.47. The normalized spacial score (nSPS) is 21.0. The molecule has 1 fully saturated rings. The fourth-order valence-corrected chi connectivity index (χ4v) is 2.14. The molecular formula is C14H25N3O. The number of hydrogen-bond donors (Lipinski definition) is 0. The maximum atomic E-state index is 12.1. The van der Waals surface area contributed by atoms with E-state index in [-0.39, 0.29) is 17.9 Å². The summed E-state index contributed by atoms with van der Waals surface area (Å²) in [7, 11) is 2.08. The molecule has 18 heavy (non-hydrogen) atoms. The summed E-state index contributed by atoms with van der Waals surface area (Å²) in [5, 5.41) is 0. The highest BCUT2D eigenvalue weighted by molar-refractivity contribution is 5.78. The van der Waals surface area contributed by atoms with Crippen LogP contribution in [0.2, 0.25) is 0 Å². The third-order valence-corrected chi connectivity index (χ3v) is 3.67. The minimum atomic E-state index is 0.0601. The van der Waals surface area contributed by atoms with Crippen molar-refractivity contribution in [1.29, 1.82) is 0 Å². The molecule has 1 aliphatic rings. The van der Waals surface area contributed by atoms with E-state index >= 15 is 0 Å². The van der Waals surface area contributed by atoms with Crippen LogP contribution < -0.4 is 0 Å². The van der Waals surface area contributed by atoms with Gasteiger partial charge in [-0.05, 0) is 26.1 Å². The Kier molecular flexibility index (Phi) is 4.93. The molecule has 1 unspecified atom stereocenters. The summed E-state index contributed by atoms with van der Waals surface area (Å²) in [5.74, 6) is 0.289. The van der Waals surface area contributed by atoms with Gasteiger partial charge in [0.05, 0.1) is 12.6 Å². The van der Waals surface area contributed by atoms with Crippen molar-refractivity contribution in [2.24, 2.45) is 10.9 Å². The van der Waals surface area contributed by atoms with Crippen LogP contribution in [-0.4, -0.2) is 55.1 Å². The van der Waals surface area contributed by atoms with Gasteiger partial charge in [0.25, 0.3) is 0 Å². The van der Waals surface area contributed by atoms with Crippen LogP contribution in [0.3, 0.4) is 0 Å². The van der Waals surface area contributed by atoms with Crippen molar-refractivity contribution in [2.45, 2.75) is 33.7 Å². The Labute approximate surface area is 110 Å². The van der Waals surface area contributed by atoms with E-state index in [2.05, 4.69) is 30.6 Å². The van der Waals surface area contributed by atoms with Gasteiger partial charge >= 0.3 is 0 Å². The van der Waals surface area contributed by atoms with E-state index in [1.807, 2.05) is 25.7 Å². The van der Waals surface area contributed by atoms with Crippen LogP contribution in [0.25, 0.3) is 0 Å². The molecule has 1 aliphatic heterocycles. The third kappa shape index (κ3) is 3.12. The lowest BCUT2D eigenvalue weighted by molar-refractivity contribution is -0.135. The molecule has 0 saturated carbocycles. The molecule has 1 heterocycles. The van der Waals surface area contributed by atoms with Crippen LogP contribution >= 0.6 is 0 Å². The van der Waals surface area contributed by atoms with Crippen molar-refractivity contribution in [3.8, 4) is 0 Å². The highest BCUT2D eigenvalue weighted by atomic mass is 16.2. The van der Waals surface area contributed by atoms with E-state index in [1.165, 1.54) is 11.3 Å². The van der Waals surface area contributed by atoms with Gasteiger partial charge in [-0.2, -0.15) is 0 Å². The maximum absolute atomic E-state index is 12.1. The molecule has 102 valence electrons. The summed E-state index contributed by atoms with van der Waals surface area (Å²) in [5.41, 5.74) is 2.41. The predicted octanol–water partition coefficient (Wildman–Crippen LogP) is 1.78. The van der Waals surface area contributed by atoms with Crippen molar-refractivity contribution in [3.63, 3.8) is 0 Å². The molecule has 0 aromatic heterocycles. The van der Waals surface area contributed by atoms with Crippen LogP contribution in [-0.2, 0) is 4.79 Å². The van der Waals surface area contributed by atoms with Gasteiger partial charge in [-0.15, -0.1) is 0 Å². The first-order valence-corrected chi connectivity index (χ1v) is 6.53. The number of hydrogen-bond acceptors (Lipinski definition) is 3. The summed E-state index contributed by atoms with van der Waals surface area (Å²) < 4.78 is 0. The Balaban J connectivity index is 2.91. The molecule has 0 spiro atoms. The third-order valence-electron chi connectivity index (χ3n) is 3.67. The predicted molar refractivity (Wildman–Crippen MR) is 75.8 cm³/mol. The first-order chi connectivity index (χ1) is 8.38. The Morgan fingerprint density at radius 1 is 1.33 bits per heavy atom. The highest BCUT2D eigenvalue weighted by Gasteiger charge is 2.25. The van der Waals surface area contributed by atoms with Crippen LogP contribution in [0.5, 0.6) is 0 Å². The molecule has 1 rings (SSSR count). The lowest BCUT2D eigenvalue weighted by Gasteiger charge is -2.38. The van der Waals surface area contributed by atoms with E-state index < -0.39 is 0 Å². The SMILES string of the molecule is C=NC(C)/C(C)=C1/CN(C(=O)C(C)C)CCN1C. The average Bonchev–Trinajstić information content (AvgIpc) is 2.36. The molecule has 1 amide bonds. The van der Waals surface area contributed by atoms with Crippen LogP contribution in [0, 0.1) is 5.92 Å². The smallest absolute Gasteiger partial charge is 0.225 e. The highest BCUT2D eigenvalue weighted by Crippen LogP contribution is 2.20. The second-order valence-electron chi connectivity index (χ2n) is 5.32. The van der Waals surface area contributed by atoms with Gasteiger partial charge in [-0.3, -0.25) is 9.79 Å². The summed E-state index contributed by atoms with van der Waals surface area (Å²) >= 11 is 0. The number of aliphatic imine (C=N–C) groups is 1. The van der Waals surface area contributed by atoms with Crippen LogP contribution in [0.4, 0.5) is 0 Å². The summed E-state index contributed by atoms with van der Waals surface area (Å²) in [4.78, 5) is 20.3. The molecular weight excluding hydrogens is 226 g/mol. The molecule has 0 aromatic carbocycles. The topological polar surface area (TPSA) is 35.9 Å². The van der Waals surface area contributed by atoms with Gasteiger partial charge in [0.15, 0.2) is 0 Å². The van der Waals surface area contributed by atoms with Crippen LogP contribution in [0.15, 0.2) is 16.3 Å². The molecule has 1 saturated heterocycles. The Hall–Kier alpha value is -1.32. The number of piperazine rings is 1. The van der Waals surface area contributed by atoms with Gasteiger partial charge < -0.3 is 9.80 Å². The number of rotatable bonds is 3.